The Morgan fingerprint density at radius 2 is 1.18 bits per heavy atom. The summed E-state index contributed by atoms with van der Waals surface area (Å²) in [4.78, 5) is 11.8. The quantitative estimate of drug-likeness (QED) is 0.111. The monoisotopic (exact) mass is 463 g/mol. The van der Waals surface area contributed by atoms with Gasteiger partial charge in [-0.1, -0.05) is 108 Å². The highest BCUT2D eigenvalue weighted by Gasteiger charge is 2.17. The molecule has 0 heterocycles. The maximum absolute atomic E-state index is 11.8. The predicted octanol–water partition coefficient (Wildman–Crippen LogP) is 7.16. The lowest BCUT2D eigenvalue weighted by Gasteiger charge is -2.19. The molecular weight excluding hydrogens is 410 g/mol. The number of carbonyl (C=O) groups is 1. The molecule has 0 saturated carbocycles. The zero-order valence-electron chi connectivity index (χ0n) is 21.6. The Bertz CT molecular complexity index is 513. The molecule has 192 valence electrons. The highest BCUT2D eigenvalue weighted by atomic mass is 16.3. The third-order valence-electron chi connectivity index (χ3n) is 5.85. The average molecular weight is 464 g/mol. The van der Waals surface area contributed by atoms with Gasteiger partial charge in [0.1, 0.15) is 0 Å². The number of aliphatic hydroxyl groups is 2. The molecular formula is C29H53NO3. The summed E-state index contributed by atoms with van der Waals surface area (Å²) >= 11 is 0. The maximum Gasteiger partial charge on any atom is 0.220 e. The predicted molar refractivity (Wildman–Crippen MR) is 142 cm³/mol. The van der Waals surface area contributed by atoms with Crippen LogP contribution >= 0.6 is 0 Å². The fourth-order valence-electron chi connectivity index (χ4n) is 3.65. The summed E-state index contributed by atoms with van der Waals surface area (Å²) in [5.74, 6) is -0.117. The van der Waals surface area contributed by atoms with Crippen molar-refractivity contribution in [3.63, 3.8) is 0 Å². The summed E-state index contributed by atoms with van der Waals surface area (Å²) in [5.41, 5.74) is 0. The first-order valence-corrected chi connectivity index (χ1v) is 13.7. The molecule has 1 amide bonds. The van der Waals surface area contributed by atoms with E-state index in [1.165, 1.54) is 64.2 Å². The first kappa shape index (κ1) is 31.6. The van der Waals surface area contributed by atoms with Crippen LogP contribution in [0.2, 0.25) is 0 Å². The van der Waals surface area contributed by atoms with Crippen LogP contribution in [-0.2, 0) is 4.79 Å². The lowest BCUT2D eigenvalue weighted by Crippen LogP contribution is -2.45. The largest absolute Gasteiger partial charge is 0.394 e. The van der Waals surface area contributed by atoms with Gasteiger partial charge in [-0.2, -0.15) is 0 Å². The highest BCUT2D eigenvalue weighted by molar-refractivity contribution is 5.76. The fraction of sp³-hybridized carbons (Fsp3) is 0.759. The van der Waals surface area contributed by atoms with E-state index < -0.39 is 12.1 Å². The number of amides is 1. The average Bonchev–Trinajstić information content (AvgIpc) is 2.82. The number of hydrogen-bond donors (Lipinski definition) is 3. The summed E-state index contributed by atoms with van der Waals surface area (Å²) < 4.78 is 0. The van der Waals surface area contributed by atoms with E-state index in [2.05, 4.69) is 36.5 Å². The van der Waals surface area contributed by atoms with Gasteiger partial charge in [0.15, 0.2) is 0 Å². The van der Waals surface area contributed by atoms with Crippen LogP contribution < -0.4 is 5.32 Å². The van der Waals surface area contributed by atoms with Crippen molar-refractivity contribution in [1.29, 1.82) is 0 Å². The highest BCUT2D eigenvalue weighted by Crippen LogP contribution is 2.11. The SMILES string of the molecule is CCCCCCCCCCC/C=C/CC/C=C/CC/C=C/C(O)C(CO)NC(=O)CCCC. The van der Waals surface area contributed by atoms with Gasteiger partial charge in [-0.3, -0.25) is 4.79 Å². The van der Waals surface area contributed by atoms with Gasteiger partial charge in [0.2, 0.25) is 5.91 Å². The van der Waals surface area contributed by atoms with Crippen molar-refractivity contribution in [3.8, 4) is 0 Å². The normalized spacial score (nSPS) is 13.9. The van der Waals surface area contributed by atoms with Crippen LogP contribution in [0.1, 0.15) is 123 Å². The Morgan fingerprint density at radius 1 is 0.697 bits per heavy atom. The van der Waals surface area contributed by atoms with Crippen molar-refractivity contribution in [2.45, 2.75) is 135 Å². The van der Waals surface area contributed by atoms with Crippen LogP contribution in [0, 0.1) is 0 Å². The molecule has 0 saturated heterocycles. The Kier molecular flexibility index (Phi) is 24.2. The van der Waals surface area contributed by atoms with Gasteiger partial charge in [0, 0.05) is 6.42 Å². The first-order valence-electron chi connectivity index (χ1n) is 13.7. The van der Waals surface area contributed by atoms with E-state index in [-0.39, 0.29) is 12.5 Å². The Balaban J connectivity index is 3.65. The molecule has 2 unspecified atom stereocenters. The minimum Gasteiger partial charge on any atom is -0.394 e. The van der Waals surface area contributed by atoms with Gasteiger partial charge in [0.25, 0.3) is 0 Å². The van der Waals surface area contributed by atoms with Gasteiger partial charge >= 0.3 is 0 Å². The van der Waals surface area contributed by atoms with Crippen molar-refractivity contribution in [1.82, 2.24) is 5.32 Å². The Hall–Kier alpha value is -1.39. The molecule has 3 N–H and O–H groups in total. The standard InChI is InChI=1S/C29H53NO3/c1-3-5-7-8-9-10-11-12-13-14-15-16-17-18-19-20-21-22-23-24-28(32)27(26-31)30-29(33)25-6-4-2/h15-16,19-20,23-24,27-28,31-32H,3-14,17-18,21-22,25-26H2,1-2H3,(H,30,33)/b16-15+,20-19+,24-23+. The van der Waals surface area contributed by atoms with Crippen LogP contribution in [0.5, 0.6) is 0 Å². The Labute approximate surface area is 204 Å². The molecule has 0 fully saturated rings. The van der Waals surface area contributed by atoms with Crippen molar-refractivity contribution >= 4 is 5.91 Å². The fourth-order valence-corrected chi connectivity index (χ4v) is 3.65. The van der Waals surface area contributed by atoms with E-state index in [1.54, 1.807) is 6.08 Å². The third-order valence-corrected chi connectivity index (χ3v) is 5.85. The molecule has 0 spiro atoms. The molecule has 0 aromatic heterocycles. The third kappa shape index (κ3) is 22.2. The number of carbonyl (C=O) groups excluding carboxylic acids is 1. The molecule has 0 aliphatic carbocycles. The molecule has 0 aliphatic heterocycles. The second kappa shape index (κ2) is 25.2. The summed E-state index contributed by atoms with van der Waals surface area (Å²) in [6.07, 6.45) is 31.6. The van der Waals surface area contributed by atoms with Crippen molar-refractivity contribution in [2.75, 3.05) is 6.61 Å². The minimum absolute atomic E-state index is 0.117. The van der Waals surface area contributed by atoms with Crippen LogP contribution in [-0.4, -0.2) is 34.9 Å². The first-order chi connectivity index (χ1) is 16.2. The molecule has 0 rings (SSSR count). The van der Waals surface area contributed by atoms with Gasteiger partial charge in [-0.05, 0) is 44.9 Å². The summed E-state index contributed by atoms with van der Waals surface area (Å²) in [6, 6.07) is -0.636. The second-order valence-electron chi connectivity index (χ2n) is 9.09. The molecule has 0 aromatic carbocycles. The zero-order chi connectivity index (χ0) is 24.4. The van der Waals surface area contributed by atoms with E-state index in [0.29, 0.717) is 6.42 Å². The lowest BCUT2D eigenvalue weighted by molar-refractivity contribution is -0.123. The van der Waals surface area contributed by atoms with Crippen LogP contribution in [0.4, 0.5) is 0 Å². The second-order valence-corrected chi connectivity index (χ2v) is 9.09. The number of hydrogen-bond acceptors (Lipinski definition) is 3. The van der Waals surface area contributed by atoms with Gasteiger partial charge in [-0.25, -0.2) is 0 Å². The van der Waals surface area contributed by atoms with Crippen LogP contribution in [0.3, 0.4) is 0 Å². The molecule has 2 atom stereocenters. The summed E-state index contributed by atoms with van der Waals surface area (Å²) in [7, 11) is 0. The lowest BCUT2D eigenvalue weighted by atomic mass is 10.1. The number of allylic oxidation sites excluding steroid dienone is 5. The minimum atomic E-state index is -0.861. The molecule has 0 bridgehead atoms. The van der Waals surface area contributed by atoms with Crippen molar-refractivity contribution in [2.24, 2.45) is 0 Å². The molecule has 4 nitrogen and oxygen atoms in total. The number of aliphatic hydroxyl groups excluding tert-OH is 2. The molecule has 0 aliphatic rings. The molecule has 33 heavy (non-hydrogen) atoms. The van der Waals surface area contributed by atoms with E-state index in [4.69, 9.17) is 0 Å². The Morgan fingerprint density at radius 3 is 1.73 bits per heavy atom. The zero-order valence-corrected chi connectivity index (χ0v) is 21.6. The van der Waals surface area contributed by atoms with E-state index in [1.807, 2.05) is 13.0 Å². The van der Waals surface area contributed by atoms with Crippen molar-refractivity contribution in [3.05, 3.63) is 36.5 Å². The van der Waals surface area contributed by atoms with E-state index in [0.717, 1.165) is 38.5 Å². The molecule has 0 aromatic rings. The molecule has 4 heteroatoms. The van der Waals surface area contributed by atoms with E-state index >= 15 is 0 Å². The van der Waals surface area contributed by atoms with Crippen molar-refractivity contribution < 1.29 is 15.0 Å². The smallest absolute Gasteiger partial charge is 0.220 e. The van der Waals surface area contributed by atoms with Gasteiger partial charge in [-0.15, -0.1) is 0 Å². The van der Waals surface area contributed by atoms with Crippen LogP contribution in [0.25, 0.3) is 0 Å². The van der Waals surface area contributed by atoms with E-state index in [9.17, 15) is 15.0 Å². The maximum atomic E-state index is 11.8. The van der Waals surface area contributed by atoms with Crippen LogP contribution in [0.15, 0.2) is 36.5 Å². The molecule has 0 radical (unpaired) electrons. The summed E-state index contributed by atoms with van der Waals surface area (Å²) in [6.45, 7) is 4.03. The topological polar surface area (TPSA) is 69.6 Å². The van der Waals surface area contributed by atoms with Gasteiger partial charge < -0.3 is 15.5 Å². The number of unbranched alkanes of at least 4 members (excludes halogenated alkanes) is 12. The number of rotatable bonds is 23. The summed E-state index contributed by atoms with van der Waals surface area (Å²) in [5, 5.41) is 22.2. The van der Waals surface area contributed by atoms with Gasteiger partial charge in [0.05, 0.1) is 18.8 Å². The number of nitrogens with one attached hydrogen (secondary N) is 1.